The van der Waals surface area contributed by atoms with Gasteiger partial charge in [0.05, 0.1) is 6.04 Å². The molecule has 150 valence electrons. The largest absolute Gasteiger partial charge is 0.370 e. The number of tetrazole rings is 1. The highest BCUT2D eigenvalue weighted by Crippen LogP contribution is 2.36. The molecule has 29 heavy (non-hydrogen) atoms. The molecule has 1 unspecified atom stereocenters. The summed E-state index contributed by atoms with van der Waals surface area (Å²) in [6.07, 6.45) is 2.24. The number of amides is 2. The minimum Gasteiger partial charge on any atom is -0.370 e. The maximum absolute atomic E-state index is 12.3. The predicted octanol–water partition coefficient (Wildman–Crippen LogP) is 3.32. The molecule has 8 heteroatoms. The van der Waals surface area contributed by atoms with Crippen molar-refractivity contribution in [3.8, 4) is 11.4 Å². The Kier molecular flexibility index (Phi) is 5.41. The van der Waals surface area contributed by atoms with Gasteiger partial charge in [0.25, 0.3) is 0 Å². The Morgan fingerprint density at radius 2 is 1.90 bits per heavy atom. The first-order valence-corrected chi connectivity index (χ1v) is 9.83. The number of nitrogens with one attached hydrogen (secondary N) is 2. The van der Waals surface area contributed by atoms with E-state index in [0.29, 0.717) is 12.6 Å². The number of hydrogen-bond donors (Lipinski definition) is 2. The summed E-state index contributed by atoms with van der Waals surface area (Å²) in [5.74, 6) is 0.765. The van der Waals surface area contributed by atoms with Crippen LogP contribution < -0.4 is 15.5 Å². The van der Waals surface area contributed by atoms with Gasteiger partial charge in [-0.3, -0.25) is 0 Å². The van der Waals surface area contributed by atoms with Gasteiger partial charge in [-0.15, -0.1) is 5.10 Å². The van der Waals surface area contributed by atoms with Crippen molar-refractivity contribution in [3.05, 3.63) is 54.6 Å². The lowest BCUT2D eigenvalue weighted by atomic mass is 10.2. The molecule has 1 atom stereocenters. The number of rotatable bonds is 7. The Bertz CT molecular complexity index is 951. The molecule has 0 aliphatic heterocycles. The lowest BCUT2D eigenvalue weighted by molar-refractivity contribution is 0.251. The van der Waals surface area contributed by atoms with Crippen LogP contribution in [0.3, 0.4) is 0 Å². The Labute approximate surface area is 169 Å². The Balaban J connectivity index is 1.30. The molecule has 4 rings (SSSR count). The minimum atomic E-state index is -0.228. The summed E-state index contributed by atoms with van der Waals surface area (Å²) in [5.41, 5.74) is 2.78. The van der Waals surface area contributed by atoms with Crippen LogP contribution in [-0.2, 0) is 0 Å². The molecule has 1 fully saturated rings. The molecule has 1 heterocycles. The fourth-order valence-corrected chi connectivity index (χ4v) is 3.12. The fraction of sp³-hybridized carbons (Fsp3) is 0.333. The van der Waals surface area contributed by atoms with E-state index in [0.717, 1.165) is 35.6 Å². The lowest BCUT2D eigenvalue weighted by Crippen LogP contribution is -2.41. The Morgan fingerprint density at radius 1 is 1.17 bits per heavy atom. The molecule has 0 bridgehead atoms. The first-order chi connectivity index (χ1) is 14.1. The van der Waals surface area contributed by atoms with Gasteiger partial charge in [-0.05, 0) is 66.6 Å². The normalized spacial score (nSPS) is 14.3. The summed E-state index contributed by atoms with van der Waals surface area (Å²) in [6, 6.07) is 18.0. The summed E-state index contributed by atoms with van der Waals surface area (Å²) >= 11 is 0. The van der Waals surface area contributed by atoms with Gasteiger partial charge in [0.15, 0.2) is 5.82 Å². The van der Waals surface area contributed by atoms with E-state index in [-0.39, 0.29) is 12.1 Å². The summed E-state index contributed by atoms with van der Waals surface area (Å²) < 4.78 is 1.87. The zero-order chi connectivity index (χ0) is 20.2. The molecular weight excluding hydrogens is 366 g/mol. The molecule has 0 saturated heterocycles. The number of urea groups is 1. The van der Waals surface area contributed by atoms with Crippen LogP contribution in [0.25, 0.3) is 11.4 Å². The number of aromatic nitrogens is 4. The molecule has 3 aromatic rings. The maximum atomic E-state index is 12.3. The van der Waals surface area contributed by atoms with Crippen LogP contribution in [0.2, 0.25) is 0 Å². The van der Waals surface area contributed by atoms with Crippen molar-refractivity contribution >= 4 is 17.4 Å². The van der Waals surface area contributed by atoms with E-state index in [9.17, 15) is 4.79 Å². The van der Waals surface area contributed by atoms with Gasteiger partial charge in [0, 0.05) is 36.6 Å². The second-order valence-corrected chi connectivity index (χ2v) is 7.39. The SMILES string of the molecule is CC(CNC(=O)Nc1ccc(-c2nnnn2C2CC2)cc1)N(C)c1ccccc1. The standard InChI is InChI=1S/C21H25N7O/c1-15(27(2)18-6-4-3-5-7-18)14-22-21(29)23-17-10-8-16(9-11-17)20-24-25-26-28(20)19-12-13-19/h3-11,15,19H,12-14H2,1-2H3,(H2,22,23,29). The van der Waals surface area contributed by atoms with Crippen molar-refractivity contribution < 1.29 is 4.79 Å². The van der Waals surface area contributed by atoms with E-state index < -0.39 is 0 Å². The van der Waals surface area contributed by atoms with E-state index >= 15 is 0 Å². The number of likely N-dealkylation sites (N-methyl/N-ethyl adjacent to an activating group) is 1. The maximum Gasteiger partial charge on any atom is 0.319 e. The number of nitrogens with zero attached hydrogens (tertiary/aromatic N) is 5. The highest BCUT2D eigenvalue weighted by atomic mass is 16.2. The van der Waals surface area contributed by atoms with Crippen molar-refractivity contribution in [2.75, 3.05) is 23.8 Å². The topological polar surface area (TPSA) is 88.0 Å². The predicted molar refractivity (Wildman–Crippen MR) is 113 cm³/mol. The quantitative estimate of drug-likeness (QED) is 0.645. The van der Waals surface area contributed by atoms with E-state index in [1.807, 2.05) is 54.2 Å². The van der Waals surface area contributed by atoms with Gasteiger partial charge >= 0.3 is 6.03 Å². The second-order valence-electron chi connectivity index (χ2n) is 7.39. The lowest BCUT2D eigenvalue weighted by Gasteiger charge is -2.27. The molecule has 2 aromatic carbocycles. The van der Waals surface area contributed by atoms with Gasteiger partial charge in [0.1, 0.15) is 0 Å². The average molecular weight is 391 g/mol. The van der Waals surface area contributed by atoms with E-state index in [1.165, 1.54) is 0 Å². The van der Waals surface area contributed by atoms with Crippen LogP contribution in [0, 0.1) is 0 Å². The number of benzene rings is 2. The summed E-state index contributed by atoms with van der Waals surface area (Å²) in [5, 5.41) is 17.8. The number of anilines is 2. The van der Waals surface area contributed by atoms with Crippen LogP contribution in [-0.4, -0.2) is 45.9 Å². The molecule has 1 aliphatic rings. The van der Waals surface area contributed by atoms with Crippen molar-refractivity contribution in [1.82, 2.24) is 25.5 Å². The molecule has 1 aliphatic carbocycles. The Hall–Kier alpha value is -3.42. The monoisotopic (exact) mass is 391 g/mol. The van der Waals surface area contributed by atoms with Crippen molar-refractivity contribution in [3.63, 3.8) is 0 Å². The zero-order valence-corrected chi connectivity index (χ0v) is 16.6. The van der Waals surface area contributed by atoms with Crippen molar-refractivity contribution in [2.24, 2.45) is 0 Å². The van der Waals surface area contributed by atoms with Gasteiger partial charge in [-0.2, -0.15) is 0 Å². The van der Waals surface area contributed by atoms with E-state index in [2.05, 4.69) is 50.1 Å². The third-order valence-electron chi connectivity index (χ3n) is 5.17. The van der Waals surface area contributed by atoms with Crippen LogP contribution in [0.15, 0.2) is 54.6 Å². The summed E-state index contributed by atoms with van der Waals surface area (Å²) in [7, 11) is 2.02. The molecule has 0 spiro atoms. The highest BCUT2D eigenvalue weighted by molar-refractivity contribution is 5.89. The molecule has 0 radical (unpaired) electrons. The number of hydrogen-bond acceptors (Lipinski definition) is 5. The van der Waals surface area contributed by atoms with Crippen molar-refractivity contribution in [1.29, 1.82) is 0 Å². The first-order valence-electron chi connectivity index (χ1n) is 9.83. The van der Waals surface area contributed by atoms with Crippen LogP contribution in [0.5, 0.6) is 0 Å². The average Bonchev–Trinajstić information content (AvgIpc) is 3.49. The summed E-state index contributed by atoms with van der Waals surface area (Å²) in [4.78, 5) is 14.4. The van der Waals surface area contributed by atoms with Gasteiger partial charge in [0.2, 0.25) is 0 Å². The Morgan fingerprint density at radius 3 is 2.59 bits per heavy atom. The molecule has 2 N–H and O–H groups in total. The van der Waals surface area contributed by atoms with E-state index in [4.69, 9.17) is 0 Å². The molecule has 2 amide bonds. The molecule has 8 nitrogen and oxygen atoms in total. The van der Waals surface area contributed by atoms with E-state index in [1.54, 1.807) is 0 Å². The van der Waals surface area contributed by atoms with Gasteiger partial charge in [-0.25, -0.2) is 9.48 Å². The van der Waals surface area contributed by atoms with Crippen LogP contribution in [0.4, 0.5) is 16.2 Å². The smallest absolute Gasteiger partial charge is 0.319 e. The zero-order valence-electron chi connectivity index (χ0n) is 16.6. The molecule has 1 aromatic heterocycles. The summed E-state index contributed by atoms with van der Waals surface area (Å²) in [6.45, 7) is 2.61. The third-order valence-corrected chi connectivity index (χ3v) is 5.17. The second kappa shape index (κ2) is 8.30. The number of para-hydroxylation sites is 1. The van der Waals surface area contributed by atoms with Gasteiger partial charge < -0.3 is 15.5 Å². The fourth-order valence-electron chi connectivity index (χ4n) is 3.12. The van der Waals surface area contributed by atoms with Crippen LogP contribution in [0.1, 0.15) is 25.8 Å². The number of carbonyl (C=O) groups excluding carboxylic acids is 1. The highest BCUT2D eigenvalue weighted by Gasteiger charge is 2.28. The third kappa shape index (κ3) is 4.53. The minimum absolute atomic E-state index is 0.159. The van der Waals surface area contributed by atoms with Crippen molar-refractivity contribution in [2.45, 2.75) is 31.8 Å². The molecule has 1 saturated carbocycles. The van der Waals surface area contributed by atoms with Gasteiger partial charge in [-0.1, -0.05) is 18.2 Å². The first kappa shape index (κ1) is 18.9. The number of carbonyl (C=O) groups is 1. The molecular formula is C21H25N7O. The van der Waals surface area contributed by atoms with Crippen LogP contribution >= 0.6 is 0 Å².